The van der Waals surface area contributed by atoms with E-state index in [1.165, 1.54) is 24.3 Å². The molecule has 5 nitrogen and oxygen atoms in total. The Morgan fingerprint density at radius 3 is 2.26 bits per heavy atom. The van der Waals surface area contributed by atoms with Crippen LogP contribution in [-0.2, 0) is 11.2 Å². The van der Waals surface area contributed by atoms with Crippen LogP contribution >= 0.6 is 15.9 Å². The minimum Gasteiger partial charge on any atom is -0.339 e. The summed E-state index contributed by atoms with van der Waals surface area (Å²) in [5, 5.41) is 2.75. The Bertz CT molecular complexity index is 805. The number of hydrogen-bond donors (Lipinski definition) is 1. The smallest absolute Gasteiger partial charge is 0.321 e. The van der Waals surface area contributed by atoms with E-state index in [1.54, 1.807) is 9.80 Å². The number of carbonyl (C=O) groups excluding carboxylic acids is 2. The van der Waals surface area contributed by atoms with Crippen LogP contribution in [0.3, 0.4) is 0 Å². The summed E-state index contributed by atoms with van der Waals surface area (Å²) in [6, 6.07) is 13.3. The summed E-state index contributed by atoms with van der Waals surface area (Å²) >= 11 is 3.50. The molecule has 2 aromatic carbocycles. The molecule has 1 aliphatic rings. The molecule has 0 atom stereocenters. The highest BCUT2D eigenvalue weighted by molar-refractivity contribution is 9.10. The molecule has 27 heavy (non-hydrogen) atoms. The fraction of sp³-hybridized carbons (Fsp3) is 0.300. The summed E-state index contributed by atoms with van der Waals surface area (Å²) in [4.78, 5) is 28.2. The van der Waals surface area contributed by atoms with E-state index >= 15 is 0 Å². The second-order valence-corrected chi connectivity index (χ2v) is 7.25. The molecule has 7 heteroatoms. The molecule has 1 saturated heterocycles. The van der Waals surface area contributed by atoms with Crippen LogP contribution in [0.1, 0.15) is 12.0 Å². The normalized spacial score (nSPS) is 14.1. The van der Waals surface area contributed by atoms with Crippen molar-refractivity contribution in [3.8, 4) is 0 Å². The molecule has 0 bridgehead atoms. The van der Waals surface area contributed by atoms with E-state index in [9.17, 15) is 14.0 Å². The molecule has 1 fully saturated rings. The van der Waals surface area contributed by atoms with Crippen molar-refractivity contribution in [2.75, 3.05) is 31.5 Å². The lowest BCUT2D eigenvalue weighted by atomic mass is 10.1. The van der Waals surface area contributed by atoms with Gasteiger partial charge in [-0.15, -0.1) is 0 Å². The van der Waals surface area contributed by atoms with Gasteiger partial charge in [0.1, 0.15) is 5.82 Å². The summed E-state index contributed by atoms with van der Waals surface area (Å²) in [5.74, 6) is -0.244. The summed E-state index contributed by atoms with van der Waals surface area (Å²) < 4.78 is 13.9. The number of hydrogen-bond acceptors (Lipinski definition) is 2. The first-order chi connectivity index (χ1) is 13.0. The first-order valence-electron chi connectivity index (χ1n) is 8.85. The average molecular weight is 434 g/mol. The largest absolute Gasteiger partial charge is 0.339 e. The molecule has 1 aliphatic heterocycles. The van der Waals surface area contributed by atoms with Gasteiger partial charge in [-0.25, -0.2) is 9.18 Å². The van der Waals surface area contributed by atoms with E-state index in [0.29, 0.717) is 44.7 Å². The molecule has 0 saturated carbocycles. The van der Waals surface area contributed by atoms with E-state index in [1.807, 2.05) is 24.3 Å². The minimum atomic E-state index is -0.345. The van der Waals surface area contributed by atoms with Gasteiger partial charge in [0.05, 0.1) is 0 Å². The van der Waals surface area contributed by atoms with Crippen molar-refractivity contribution in [3.05, 3.63) is 64.4 Å². The molecule has 0 radical (unpaired) electrons. The lowest BCUT2D eigenvalue weighted by Crippen LogP contribution is -2.51. The molecule has 3 rings (SSSR count). The molecule has 142 valence electrons. The van der Waals surface area contributed by atoms with Gasteiger partial charge in [0.15, 0.2) is 0 Å². The van der Waals surface area contributed by atoms with Crippen LogP contribution in [0.4, 0.5) is 14.9 Å². The third-order valence-electron chi connectivity index (χ3n) is 4.58. The van der Waals surface area contributed by atoms with Crippen LogP contribution < -0.4 is 5.32 Å². The standard InChI is InChI=1S/C20H21BrFN3O2/c21-18-4-2-1-3-15(18)5-10-19(26)24-11-13-25(14-12-24)20(27)23-17-8-6-16(22)7-9-17/h1-4,6-9H,5,10-14H2,(H,23,27). The minimum absolute atomic E-state index is 0.101. The Morgan fingerprint density at radius 2 is 1.59 bits per heavy atom. The van der Waals surface area contributed by atoms with Crippen LogP contribution in [0.5, 0.6) is 0 Å². The maximum absolute atomic E-state index is 12.9. The second-order valence-electron chi connectivity index (χ2n) is 6.40. The highest BCUT2D eigenvalue weighted by Gasteiger charge is 2.24. The van der Waals surface area contributed by atoms with E-state index in [0.717, 1.165) is 10.0 Å². The molecule has 3 amide bonds. The number of anilines is 1. The molecule has 0 aromatic heterocycles. The summed E-state index contributed by atoms with van der Waals surface area (Å²) in [6.45, 7) is 2.00. The third kappa shape index (κ3) is 5.29. The van der Waals surface area contributed by atoms with Crippen LogP contribution in [-0.4, -0.2) is 47.9 Å². The number of halogens is 2. The molecular formula is C20H21BrFN3O2. The second kappa shape index (κ2) is 8.99. The van der Waals surface area contributed by atoms with E-state index in [-0.39, 0.29) is 17.8 Å². The van der Waals surface area contributed by atoms with E-state index in [4.69, 9.17) is 0 Å². The molecule has 1 heterocycles. The first-order valence-corrected chi connectivity index (χ1v) is 9.65. The molecule has 0 unspecified atom stereocenters. The Kier molecular flexibility index (Phi) is 6.45. The molecule has 2 aromatic rings. The number of urea groups is 1. The van der Waals surface area contributed by atoms with Crippen molar-refractivity contribution in [1.29, 1.82) is 0 Å². The van der Waals surface area contributed by atoms with Gasteiger partial charge in [0.2, 0.25) is 5.91 Å². The SMILES string of the molecule is O=C(CCc1ccccc1Br)N1CCN(C(=O)Nc2ccc(F)cc2)CC1. The summed E-state index contributed by atoms with van der Waals surface area (Å²) in [5.41, 5.74) is 1.66. The maximum atomic E-state index is 12.9. The molecule has 1 N–H and O–H groups in total. The Morgan fingerprint density at radius 1 is 0.963 bits per heavy atom. The monoisotopic (exact) mass is 433 g/mol. The quantitative estimate of drug-likeness (QED) is 0.794. The highest BCUT2D eigenvalue weighted by Crippen LogP contribution is 2.18. The molecule has 0 aliphatic carbocycles. The predicted octanol–water partition coefficient (Wildman–Crippen LogP) is 3.90. The van der Waals surface area contributed by atoms with Gasteiger partial charge in [0.25, 0.3) is 0 Å². The van der Waals surface area contributed by atoms with Gasteiger partial charge in [0, 0.05) is 42.8 Å². The van der Waals surface area contributed by atoms with Crippen molar-refractivity contribution < 1.29 is 14.0 Å². The van der Waals surface area contributed by atoms with Gasteiger partial charge in [-0.05, 0) is 42.3 Å². The zero-order chi connectivity index (χ0) is 19.2. The summed E-state index contributed by atoms with van der Waals surface area (Å²) in [6.07, 6.45) is 1.13. The maximum Gasteiger partial charge on any atom is 0.321 e. The van der Waals surface area contributed by atoms with Gasteiger partial charge in [-0.1, -0.05) is 34.1 Å². The highest BCUT2D eigenvalue weighted by atomic mass is 79.9. The summed E-state index contributed by atoms with van der Waals surface area (Å²) in [7, 11) is 0. The van der Waals surface area contributed by atoms with Crippen LogP contribution in [0.2, 0.25) is 0 Å². The number of amides is 3. The zero-order valence-electron chi connectivity index (χ0n) is 14.8. The van der Waals surface area contributed by atoms with Crippen molar-refractivity contribution in [1.82, 2.24) is 9.80 Å². The van der Waals surface area contributed by atoms with Gasteiger partial charge in [-0.3, -0.25) is 4.79 Å². The number of nitrogens with one attached hydrogen (secondary N) is 1. The predicted molar refractivity (Wildman–Crippen MR) is 106 cm³/mol. The Balaban J connectivity index is 1.45. The zero-order valence-corrected chi connectivity index (χ0v) is 16.4. The lowest BCUT2D eigenvalue weighted by molar-refractivity contribution is -0.132. The van der Waals surface area contributed by atoms with Crippen molar-refractivity contribution in [3.63, 3.8) is 0 Å². The number of benzene rings is 2. The Labute approximate surface area is 166 Å². The third-order valence-corrected chi connectivity index (χ3v) is 5.35. The number of aryl methyl sites for hydroxylation is 1. The number of nitrogens with zero attached hydrogens (tertiary/aromatic N) is 2. The van der Waals surface area contributed by atoms with Crippen molar-refractivity contribution >= 4 is 33.6 Å². The van der Waals surface area contributed by atoms with E-state index < -0.39 is 0 Å². The number of rotatable bonds is 4. The topological polar surface area (TPSA) is 52.7 Å². The Hall–Kier alpha value is -2.41. The number of piperazine rings is 1. The van der Waals surface area contributed by atoms with Crippen molar-refractivity contribution in [2.45, 2.75) is 12.8 Å². The van der Waals surface area contributed by atoms with E-state index in [2.05, 4.69) is 21.2 Å². The average Bonchev–Trinajstić information content (AvgIpc) is 2.69. The van der Waals surface area contributed by atoms with Gasteiger partial charge in [-0.2, -0.15) is 0 Å². The van der Waals surface area contributed by atoms with Gasteiger partial charge >= 0.3 is 6.03 Å². The fourth-order valence-corrected chi connectivity index (χ4v) is 3.48. The first kappa shape index (κ1) is 19.4. The lowest BCUT2D eigenvalue weighted by Gasteiger charge is -2.34. The van der Waals surface area contributed by atoms with Gasteiger partial charge < -0.3 is 15.1 Å². The molecular weight excluding hydrogens is 413 g/mol. The molecule has 0 spiro atoms. The van der Waals surface area contributed by atoms with Crippen LogP contribution in [0.25, 0.3) is 0 Å². The van der Waals surface area contributed by atoms with Crippen molar-refractivity contribution in [2.24, 2.45) is 0 Å². The van der Waals surface area contributed by atoms with Crippen LogP contribution in [0, 0.1) is 5.82 Å². The van der Waals surface area contributed by atoms with Crippen LogP contribution in [0.15, 0.2) is 53.0 Å². The fourth-order valence-electron chi connectivity index (χ4n) is 3.00. The number of carbonyl (C=O) groups is 2.